The molecule has 0 bridgehead atoms. The Morgan fingerprint density at radius 3 is 2.45 bits per heavy atom. The molecule has 2 rings (SSSR count). The van der Waals surface area contributed by atoms with Gasteiger partial charge >= 0.3 is 5.97 Å². The van der Waals surface area contributed by atoms with E-state index in [1.165, 1.54) is 0 Å². The molecule has 0 unspecified atom stereocenters. The maximum Gasteiger partial charge on any atom is 0.316 e. The maximum atomic E-state index is 12.2. The second-order valence-electron chi connectivity index (χ2n) is 5.62. The zero-order valence-corrected chi connectivity index (χ0v) is 12.2. The smallest absolute Gasteiger partial charge is 0.316 e. The van der Waals surface area contributed by atoms with Crippen LogP contribution in [0.1, 0.15) is 32.1 Å². The number of carbonyl (C=O) groups excluding carboxylic acids is 1. The Bertz CT molecular complexity index is 442. The van der Waals surface area contributed by atoms with Gasteiger partial charge in [0, 0.05) is 19.8 Å². The van der Waals surface area contributed by atoms with Crippen molar-refractivity contribution in [3.05, 3.63) is 24.3 Å². The standard InChI is InChI=1S/C16H23NO3/c1-17(2)12-8-10-13(11-9-12)20-16(19)14-6-4-3-5-7-15(14)18/h8-11,14-15,18H,3-7H2,1-2H3/t14-,15+/m0/s1. The average Bonchev–Trinajstić information content (AvgIpc) is 2.64. The van der Waals surface area contributed by atoms with Gasteiger partial charge in [0.15, 0.2) is 0 Å². The van der Waals surface area contributed by atoms with E-state index in [0.29, 0.717) is 12.2 Å². The quantitative estimate of drug-likeness (QED) is 0.524. The van der Waals surface area contributed by atoms with Crippen LogP contribution < -0.4 is 9.64 Å². The molecule has 4 nitrogen and oxygen atoms in total. The fraction of sp³-hybridized carbons (Fsp3) is 0.562. The van der Waals surface area contributed by atoms with E-state index < -0.39 is 6.10 Å². The average molecular weight is 277 g/mol. The fourth-order valence-corrected chi connectivity index (χ4v) is 2.57. The third-order valence-electron chi connectivity index (χ3n) is 3.85. The molecule has 1 aliphatic rings. The van der Waals surface area contributed by atoms with Gasteiger partial charge in [-0.05, 0) is 37.1 Å². The number of esters is 1. The second-order valence-corrected chi connectivity index (χ2v) is 5.62. The third-order valence-corrected chi connectivity index (χ3v) is 3.85. The SMILES string of the molecule is CN(C)c1ccc(OC(=O)[C@H]2CCCCC[C@H]2O)cc1. The third kappa shape index (κ3) is 3.73. The number of benzene rings is 1. The molecule has 0 heterocycles. The van der Waals surface area contributed by atoms with Gasteiger partial charge in [0.25, 0.3) is 0 Å². The van der Waals surface area contributed by atoms with Crippen molar-refractivity contribution < 1.29 is 14.6 Å². The Morgan fingerprint density at radius 1 is 1.15 bits per heavy atom. The summed E-state index contributed by atoms with van der Waals surface area (Å²) < 4.78 is 5.40. The van der Waals surface area contributed by atoms with Crippen LogP contribution in [0.4, 0.5) is 5.69 Å². The van der Waals surface area contributed by atoms with Crippen molar-refractivity contribution in [2.24, 2.45) is 5.92 Å². The number of anilines is 1. The number of rotatable bonds is 3. The molecule has 0 radical (unpaired) electrons. The van der Waals surface area contributed by atoms with Gasteiger partial charge in [-0.25, -0.2) is 0 Å². The number of hydrogen-bond donors (Lipinski definition) is 1. The van der Waals surface area contributed by atoms with Crippen LogP contribution in [0, 0.1) is 5.92 Å². The molecule has 1 fully saturated rings. The molecule has 1 N–H and O–H groups in total. The highest BCUT2D eigenvalue weighted by molar-refractivity contribution is 5.76. The molecule has 110 valence electrons. The van der Waals surface area contributed by atoms with Crippen LogP contribution in [-0.4, -0.2) is 31.3 Å². The first kappa shape index (κ1) is 14.9. The summed E-state index contributed by atoms with van der Waals surface area (Å²) in [6, 6.07) is 7.39. The van der Waals surface area contributed by atoms with Crippen molar-refractivity contribution in [3.8, 4) is 5.75 Å². The van der Waals surface area contributed by atoms with E-state index in [2.05, 4.69) is 0 Å². The molecule has 1 aromatic carbocycles. The molecule has 1 saturated carbocycles. The van der Waals surface area contributed by atoms with Crippen molar-refractivity contribution in [3.63, 3.8) is 0 Å². The van der Waals surface area contributed by atoms with Crippen LogP contribution in [0.2, 0.25) is 0 Å². The van der Waals surface area contributed by atoms with Crippen molar-refractivity contribution in [2.45, 2.75) is 38.2 Å². The normalized spacial score (nSPS) is 22.9. The number of hydrogen-bond acceptors (Lipinski definition) is 4. The first-order valence-corrected chi connectivity index (χ1v) is 7.25. The van der Waals surface area contributed by atoms with Crippen molar-refractivity contribution in [2.75, 3.05) is 19.0 Å². The van der Waals surface area contributed by atoms with E-state index in [0.717, 1.165) is 31.4 Å². The summed E-state index contributed by atoms with van der Waals surface area (Å²) in [6.07, 6.45) is 3.90. The summed E-state index contributed by atoms with van der Waals surface area (Å²) in [5, 5.41) is 10.0. The highest BCUT2D eigenvalue weighted by Gasteiger charge is 2.29. The number of carbonyl (C=O) groups is 1. The molecular formula is C16H23NO3. The summed E-state index contributed by atoms with van der Waals surface area (Å²) >= 11 is 0. The molecular weight excluding hydrogens is 254 g/mol. The second kappa shape index (κ2) is 6.75. The Balaban J connectivity index is 1.99. The lowest BCUT2D eigenvalue weighted by Gasteiger charge is -2.19. The Hall–Kier alpha value is -1.55. The van der Waals surface area contributed by atoms with Crippen LogP contribution in [0.5, 0.6) is 5.75 Å². The minimum atomic E-state index is -0.564. The largest absolute Gasteiger partial charge is 0.426 e. The first-order valence-electron chi connectivity index (χ1n) is 7.25. The van der Waals surface area contributed by atoms with E-state index >= 15 is 0 Å². The summed E-state index contributed by atoms with van der Waals surface area (Å²) in [5.41, 5.74) is 1.05. The molecule has 0 amide bonds. The van der Waals surface area contributed by atoms with Crippen LogP contribution in [0.25, 0.3) is 0 Å². The molecule has 1 aromatic rings. The summed E-state index contributed by atoms with van der Waals surface area (Å²) in [4.78, 5) is 14.1. The molecule has 2 atom stereocenters. The number of aliphatic hydroxyl groups is 1. The van der Waals surface area contributed by atoms with Gasteiger partial charge in [-0.3, -0.25) is 4.79 Å². The topological polar surface area (TPSA) is 49.8 Å². The number of nitrogens with zero attached hydrogens (tertiary/aromatic N) is 1. The first-order chi connectivity index (χ1) is 9.58. The molecule has 0 spiro atoms. The summed E-state index contributed by atoms with van der Waals surface area (Å²) in [6.45, 7) is 0. The summed E-state index contributed by atoms with van der Waals surface area (Å²) in [5.74, 6) is -0.153. The van der Waals surface area contributed by atoms with Crippen LogP contribution in [-0.2, 0) is 4.79 Å². The molecule has 0 aliphatic heterocycles. The van der Waals surface area contributed by atoms with Crippen LogP contribution in [0.3, 0.4) is 0 Å². The van der Waals surface area contributed by atoms with E-state index in [1.54, 1.807) is 12.1 Å². The molecule has 20 heavy (non-hydrogen) atoms. The summed E-state index contributed by atoms with van der Waals surface area (Å²) in [7, 11) is 3.92. The zero-order chi connectivity index (χ0) is 14.5. The monoisotopic (exact) mass is 277 g/mol. The van der Waals surface area contributed by atoms with E-state index in [-0.39, 0.29) is 11.9 Å². The lowest BCUT2D eigenvalue weighted by atomic mass is 9.98. The number of aliphatic hydroxyl groups excluding tert-OH is 1. The van der Waals surface area contributed by atoms with Crippen LogP contribution in [0.15, 0.2) is 24.3 Å². The minimum Gasteiger partial charge on any atom is -0.426 e. The molecule has 4 heteroatoms. The minimum absolute atomic E-state index is 0.308. The van der Waals surface area contributed by atoms with Gasteiger partial charge in [-0.15, -0.1) is 0 Å². The zero-order valence-electron chi connectivity index (χ0n) is 12.2. The van der Waals surface area contributed by atoms with Gasteiger partial charge in [0.2, 0.25) is 0 Å². The van der Waals surface area contributed by atoms with E-state index in [4.69, 9.17) is 4.74 Å². The van der Waals surface area contributed by atoms with Crippen molar-refractivity contribution >= 4 is 11.7 Å². The van der Waals surface area contributed by atoms with Crippen LogP contribution >= 0.6 is 0 Å². The highest BCUT2D eigenvalue weighted by atomic mass is 16.5. The fourth-order valence-electron chi connectivity index (χ4n) is 2.57. The molecule has 1 aliphatic carbocycles. The molecule has 0 saturated heterocycles. The Kier molecular flexibility index (Phi) is 5.01. The van der Waals surface area contributed by atoms with Crippen molar-refractivity contribution in [1.29, 1.82) is 0 Å². The van der Waals surface area contributed by atoms with Gasteiger partial charge in [-0.1, -0.05) is 19.3 Å². The van der Waals surface area contributed by atoms with Gasteiger partial charge in [0.1, 0.15) is 5.75 Å². The lowest BCUT2D eigenvalue weighted by Crippen LogP contribution is -2.30. The van der Waals surface area contributed by atoms with Crippen molar-refractivity contribution in [1.82, 2.24) is 0 Å². The highest BCUT2D eigenvalue weighted by Crippen LogP contribution is 2.26. The number of ether oxygens (including phenoxy) is 1. The van der Waals surface area contributed by atoms with E-state index in [9.17, 15) is 9.90 Å². The maximum absolute atomic E-state index is 12.2. The lowest BCUT2D eigenvalue weighted by molar-refractivity contribution is -0.143. The Morgan fingerprint density at radius 2 is 1.80 bits per heavy atom. The van der Waals surface area contributed by atoms with Gasteiger partial charge in [0.05, 0.1) is 12.0 Å². The van der Waals surface area contributed by atoms with E-state index in [1.807, 2.05) is 31.1 Å². The van der Waals surface area contributed by atoms with Gasteiger partial charge < -0.3 is 14.7 Å². The predicted octanol–water partition coefficient (Wildman–Crippen LogP) is 2.60. The van der Waals surface area contributed by atoms with Gasteiger partial charge in [-0.2, -0.15) is 0 Å². The predicted molar refractivity (Wildman–Crippen MR) is 79.0 cm³/mol. The molecule has 0 aromatic heterocycles. The Labute approximate surface area is 120 Å².